The summed E-state index contributed by atoms with van der Waals surface area (Å²) >= 11 is 0. The first-order valence-electron chi connectivity index (χ1n) is 15.4. The Morgan fingerprint density at radius 1 is 1.19 bits per heavy atom. The van der Waals surface area contributed by atoms with E-state index in [1.54, 1.807) is 32.9 Å². The molecule has 266 valence electrons. The minimum atomic E-state index is -1.59. The number of amides is 5. The van der Waals surface area contributed by atoms with E-state index in [0.717, 1.165) is 17.2 Å². The number of carboxylic acid groups (broad SMARTS) is 1. The molecule has 0 aliphatic carbocycles. The molecule has 17 nitrogen and oxygen atoms in total. The fourth-order valence-corrected chi connectivity index (χ4v) is 4.72. The number of carboxylic acids is 1. The molecule has 0 bridgehead atoms. The van der Waals surface area contributed by atoms with Gasteiger partial charge < -0.3 is 47.8 Å². The lowest BCUT2D eigenvalue weighted by Gasteiger charge is -2.39. The SMILES string of the molecule is CC=C(C=CC(C)(C)NC(=O)CCCC(=O)NCC(C=N)C(O)C1OC(C(=O)O)=CC(N=C(N)N)C1NC(C)=O)C(=O)N(C=O)CCC. The minimum Gasteiger partial charge on any atom is -0.478 e. The van der Waals surface area contributed by atoms with Gasteiger partial charge in [-0.2, -0.15) is 0 Å². The van der Waals surface area contributed by atoms with Crippen molar-refractivity contribution in [3.63, 3.8) is 0 Å². The molecule has 10 N–H and O–H groups in total. The predicted octanol–water partition coefficient (Wildman–Crippen LogP) is -0.794. The van der Waals surface area contributed by atoms with Crippen molar-refractivity contribution in [2.24, 2.45) is 22.4 Å². The Balaban J connectivity index is 2.79. The molecular weight excluding hydrogens is 628 g/mol. The summed E-state index contributed by atoms with van der Waals surface area (Å²) in [6.45, 7) is 8.18. The van der Waals surface area contributed by atoms with Crippen LogP contribution >= 0.6 is 0 Å². The lowest BCUT2D eigenvalue weighted by atomic mass is 9.88. The number of nitrogens with zero attached hydrogens (tertiary/aromatic N) is 2. The molecule has 0 aromatic heterocycles. The smallest absolute Gasteiger partial charge is 0.370 e. The number of aliphatic carboxylic acids is 1. The number of aliphatic imine (C=N–C) groups is 1. The predicted molar refractivity (Wildman–Crippen MR) is 176 cm³/mol. The topological polar surface area (TPSA) is 280 Å². The number of nitrogens with one attached hydrogen (secondary N) is 4. The molecule has 5 amide bonds. The number of ether oxygens (including phenoxy) is 1. The Labute approximate surface area is 279 Å². The third-order valence-corrected chi connectivity index (χ3v) is 7.07. The average molecular weight is 677 g/mol. The Bertz CT molecular complexity index is 1320. The molecule has 0 fully saturated rings. The highest BCUT2D eigenvalue weighted by atomic mass is 16.5. The molecule has 1 aliphatic heterocycles. The first-order chi connectivity index (χ1) is 22.5. The van der Waals surface area contributed by atoms with Crippen LogP contribution in [0.5, 0.6) is 0 Å². The van der Waals surface area contributed by atoms with Gasteiger partial charge in [-0.3, -0.25) is 28.9 Å². The highest BCUT2D eigenvalue weighted by Crippen LogP contribution is 2.26. The van der Waals surface area contributed by atoms with Crippen LogP contribution in [-0.4, -0.2) is 106 Å². The number of allylic oxidation sites excluding steroid dienone is 1. The van der Waals surface area contributed by atoms with E-state index in [4.69, 9.17) is 21.6 Å². The molecule has 0 aromatic carbocycles. The van der Waals surface area contributed by atoms with Crippen LogP contribution in [0, 0.1) is 11.3 Å². The first-order valence-corrected chi connectivity index (χ1v) is 15.4. The summed E-state index contributed by atoms with van der Waals surface area (Å²) < 4.78 is 5.47. The summed E-state index contributed by atoms with van der Waals surface area (Å²) in [5, 5.41) is 36.4. The van der Waals surface area contributed by atoms with Crippen LogP contribution < -0.4 is 27.4 Å². The lowest BCUT2D eigenvalue weighted by molar-refractivity contribution is -0.142. The second-order valence-electron chi connectivity index (χ2n) is 11.6. The van der Waals surface area contributed by atoms with Crippen LogP contribution in [0.4, 0.5) is 0 Å². The minimum absolute atomic E-state index is 0.00305. The third kappa shape index (κ3) is 13.4. The van der Waals surface area contributed by atoms with E-state index in [0.29, 0.717) is 12.8 Å². The Hall–Kier alpha value is -5.06. The largest absolute Gasteiger partial charge is 0.478 e. The summed E-state index contributed by atoms with van der Waals surface area (Å²) in [5.74, 6) is -5.35. The summed E-state index contributed by atoms with van der Waals surface area (Å²) in [6, 6.07) is -2.23. The van der Waals surface area contributed by atoms with Crippen LogP contribution in [0.3, 0.4) is 0 Å². The van der Waals surface area contributed by atoms with Gasteiger partial charge in [0, 0.05) is 50.6 Å². The first kappa shape index (κ1) is 41.0. The number of hydrogen-bond donors (Lipinski definition) is 8. The van der Waals surface area contributed by atoms with E-state index in [2.05, 4.69) is 20.9 Å². The number of hydrogen-bond acceptors (Lipinski definition) is 10. The van der Waals surface area contributed by atoms with E-state index in [1.165, 1.54) is 13.0 Å². The van der Waals surface area contributed by atoms with E-state index in [-0.39, 0.29) is 43.8 Å². The lowest BCUT2D eigenvalue weighted by Crippen LogP contribution is -2.59. The fraction of sp³-hybridized carbons (Fsp3) is 0.548. The molecule has 48 heavy (non-hydrogen) atoms. The average Bonchev–Trinajstić information content (AvgIpc) is 2.99. The fourth-order valence-electron chi connectivity index (χ4n) is 4.72. The number of imide groups is 1. The zero-order valence-corrected chi connectivity index (χ0v) is 27.9. The summed E-state index contributed by atoms with van der Waals surface area (Å²) in [5.41, 5.74) is 10.4. The van der Waals surface area contributed by atoms with Gasteiger partial charge in [0.1, 0.15) is 12.2 Å². The van der Waals surface area contributed by atoms with Crippen molar-refractivity contribution < 1.29 is 43.7 Å². The van der Waals surface area contributed by atoms with Crippen molar-refractivity contribution in [3.05, 3.63) is 35.6 Å². The maximum atomic E-state index is 12.6. The standard InChI is InChI=1S/C31H48N8O9/c1-6-13-39(17-40)28(45)19(7-2)11-12-31(4,5)38-24(43)10-8-9-23(42)35-16-20(15-32)26(44)27-25(36-18(3)41)21(37-30(33)34)14-22(48-27)29(46)47/h7,11-12,14-15,17,20-21,25-27,32,44H,6,8-10,13,16H2,1-5H3,(H,35,42)(H,36,41)(H,38,43)(H,46,47)(H4,33,34,37). The summed E-state index contributed by atoms with van der Waals surface area (Å²) in [7, 11) is 0. The monoisotopic (exact) mass is 676 g/mol. The van der Waals surface area contributed by atoms with Crippen molar-refractivity contribution >= 4 is 48.2 Å². The van der Waals surface area contributed by atoms with E-state index >= 15 is 0 Å². The number of nitrogens with two attached hydrogens (primary N) is 2. The number of carbonyl (C=O) groups excluding carboxylic acids is 5. The number of aliphatic hydroxyl groups excluding tert-OH is 1. The molecule has 1 aliphatic rings. The molecule has 0 saturated carbocycles. The Morgan fingerprint density at radius 2 is 1.83 bits per heavy atom. The molecule has 1 rings (SSSR count). The number of guanidine groups is 1. The number of rotatable bonds is 19. The Morgan fingerprint density at radius 3 is 2.35 bits per heavy atom. The summed E-state index contributed by atoms with van der Waals surface area (Å²) in [6.07, 6.45) is 4.86. The van der Waals surface area contributed by atoms with E-state index < -0.39 is 71.2 Å². The molecule has 5 unspecified atom stereocenters. The summed E-state index contributed by atoms with van der Waals surface area (Å²) in [4.78, 5) is 77.6. The van der Waals surface area contributed by atoms with E-state index in [9.17, 15) is 39.0 Å². The van der Waals surface area contributed by atoms with Crippen LogP contribution in [0.15, 0.2) is 40.6 Å². The van der Waals surface area contributed by atoms with Gasteiger partial charge in [0.2, 0.25) is 29.9 Å². The van der Waals surface area contributed by atoms with Gasteiger partial charge in [0.25, 0.3) is 5.91 Å². The van der Waals surface area contributed by atoms with Crippen LogP contribution in [0.2, 0.25) is 0 Å². The molecule has 1 heterocycles. The highest BCUT2D eigenvalue weighted by Gasteiger charge is 2.43. The normalized spacial score (nSPS) is 19.1. The quantitative estimate of drug-likeness (QED) is 0.0276. The molecular formula is C31H48N8O9. The Kier molecular flexibility index (Phi) is 16.7. The van der Waals surface area contributed by atoms with Crippen molar-refractivity contribution in [2.75, 3.05) is 13.1 Å². The van der Waals surface area contributed by atoms with Gasteiger partial charge in [0.15, 0.2) is 5.96 Å². The maximum Gasteiger partial charge on any atom is 0.370 e. The van der Waals surface area contributed by atoms with Crippen LogP contribution in [-0.2, 0) is 33.5 Å². The van der Waals surface area contributed by atoms with Gasteiger partial charge >= 0.3 is 5.97 Å². The third-order valence-electron chi connectivity index (χ3n) is 7.07. The zero-order chi connectivity index (χ0) is 36.6. The van der Waals surface area contributed by atoms with Crippen LogP contribution in [0.1, 0.15) is 60.3 Å². The van der Waals surface area contributed by atoms with Gasteiger partial charge in [-0.15, -0.1) is 0 Å². The maximum absolute atomic E-state index is 12.6. The van der Waals surface area contributed by atoms with Crippen molar-refractivity contribution in [3.8, 4) is 0 Å². The van der Waals surface area contributed by atoms with Gasteiger partial charge in [-0.05, 0) is 39.7 Å². The van der Waals surface area contributed by atoms with Crippen molar-refractivity contribution in [1.82, 2.24) is 20.9 Å². The second-order valence-corrected chi connectivity index (χ2v) is 11.6. The molecule has 0 saturated heterocycles. The number of aliphatic hydroxyl groups is 1. The van der Waals surface area contributed by atoms with E-state index in [1.807, 2.05) is 6.92 Å². The van der Waals surface area contributed by atoms with Crippen molar-refractivity contribution in [2.45, 2.75) is 90.1 Å². The van der Waals surface area contributed by atoms with Crippen LogP contribution in [0.25, 0.3) is 0 Å². The molecule has 0 radical (unpaired) electrons. The second kappa shape index (κ2) is 19.6. The molecule has 0 spiro atoms. The van der Waals surface area contributed by atoms with Crippen molar-refractivity contribution in [1.29, 1.82) is 5.41 Å². The molecule has 5 atom stereocenters. The highest BCUT2D eigenvalue weighted by molar-refractivity contribution is 6.01. The van der Waals surface area contributed by atoms with Gasteiger partial charge in [0.05, 0.1) is 17.6 Å². The number of carbonyl (C=O) groups is 6. The molecule has 0 aromatic rings. The zero-order valence-electron chi connectivity index (χ0n) is 27.9. The van der Waals surface area contributed by atoms with Gasteiger partial charge in [-0.1, -0.05) is 25.2 Å². The van der Waals surface area contributed by atoms with Gasteiger partial charge in [-0.25, -0.2) is 9.79 Å². The molecule has 17 heteroatoms.